The molecule has 1 aromatic rings. The third kappa shape index (κ3) is 3.27. The third-order valence-electron chi connectivity index (χ3n) is 2.40. The molecule has 1 atom stereocenters. The summed E-state index contributed by atoms with van der Waals surface area (Å²) in [4.78, 5) is 11.0. The number of hydrogen-bond acceptors (Lipinski definition) is 4. The number of halogens is 1. The van der Waals surface area contributed by atoms with E-state index in [0.717, 1.165) is 15.1 Å². The van der Waals surface area contributed by atoms with Crippen LogP contribution >= 0.6 is 27.3 Å². The first-order chi connectivity index (χ1) is 7.97. The lowest BCUT2D eigenvalue weighted by atomic mass is 10.1. The molecule has 0 bridgehead atoms. The van der Waals surface area contributed by atoms with Crippen molar-refractivity contribution >= 4 is 43.2 Å². The zero-order valence-electron chi connectivity index (χ0n) is 8.77. The van der Waals surface area contributed by atoms with Crippen molar-refractivity contribution in [2.75, 3.05) is 6.54 Å². The summed E-state index contributed by atoms with van der Waals surface area (Å²) in [7, 11) is -3.47. The van der Waals surface area contributed by atoms with Crippen LogP contribution in [0.15, 0.2) is 20.1 Å². The quantitative estimate of drug-likeness (QED) is 0.865. The van der Waals surface area contributed by atoms with Gasteiger partial charge in [-0.15, -0.1) is 11.3 Å². The van der Waals surface area contributed by atoms with E-state index < -0.39 is 10.0 Å². The minimum Gasteiger partial charge on any atom is -0.355 e. The Kier molecular flexibility index (Phi) is 3.86. The highest BCUT2D eigenvalue weighted by Crippen LogP contribution is 2.26. The number of amides is 1. The maximum Gasteiger partial charge on any atom is 0.250 e. The summed E-state index contributed by atoms with van der Waals surface area (Å²) in [6, 6.07) is 3.03. The Morgan fingerprint density at radius 3 is 2.76 bits per heavy atom. The predicted octanol–water partition coefficient (Wildman–Crippen LogP) is 1.07. The van der Waals surface area contributed by atoms with Crippen molar-refractivity contribution in [1.29, 1.82) is 0 Å². The van der Waals surface area contributed by atoms with Gasteiger partial charge in [-0.05, 0) is 34.5 Å². The smallest absolute Gasteiger partial charge is 0.250 e. The molecule has 0 aromatic carbocycles. The summed E-state index contributed by atoms with van der Waals surface area (Å²) < 4.78 is 27.6. The van der Waals surface area contributed by atoms with E-state index in [1.807, 2.05) is 0 Å². The van der Waals surface area contributed by atoms with Crippen molar-refractivity contribution in [3.63, 3.8) is 0 Å². The average molecular weight is 339 g/mol. The summed E-state index contributed by atoms with van der Waals surface area (Å²) in [5.74, 6) is -0.0284. The fourth-order valence-corrected chi connectivity index (χ4v) is 4.85. The van der Waals surface area contributed by atoms with Crippen LogP contribution in [0.5, 0.6) is 0 Å². The Morgan fingerprint density at radius 1 is 1.47 bits per heavy atom. The van der Waals surface area contributed by atoms with Gasteiger partial charge in [0.2, 0.25) is 15.9 Å². The number of sulfonamides is 1. The second-order valence-electron chi connectivity index (χ2n) is 3.72. The van der Waals surface area contributed by atoms with Crippen molar-refractivity contribution in [2.24, 2.45) is 0 Å². The van der Waals surface area contributed by atoms with E-state index in [-0.39, 0.29) is 16.2 Å². The van der Waals surface area contributed by atoms with Gasteiger partial charge in [-0.3, -0.25) is 4.79 Å². The number of hydrogen-bond donors (Lipinski definition) is 2. The van der Waals surface area contributed by atoms with E-state index in [0.29, 0.717) is 19.4 Å². The van der Waals surface area contributed by atoms with E-state index in [1.165, 1.54) is 0 Å². The van der Waals surface area contributed by atoms with E-state index in [2.05, 4.69) is 26.0 Å². The van der Waals surface area contributed by atoms with Crippen molar-refractivity contribution in [3.8, 4) is 0 Å². The molecule has 17 heavy (non-hydrogen) atoms. The monoisotopic (exact) mass is 338 g/mol. The minimum absolute atomic E-state index is 0.0284. The Labute approximate surface area is 112 Å². The third-order valence-corrected chi connectivity index (χ3v) is 6.04. The first kappa shape index (κ1) is 13.0. The van der Waals surface area contributed by atoms with Gasteiger partial charge in [0.05, 0.1) is 3.79 Å². The molecule has 8 heteroatoms. The molecule has 0 radical (unpaired) electrons. The largest absolute Gasteiger partial charge is 0.355 e. The number of thiophene rings is 1. The number of nitrogens with one attached hydrogen (secondary N) is 2. The molecule has 1 aromatic heterocycles. The summed E-state index contributed by atoms with van der Waals surface area (Å²) >= 11 is 4.39. The van der Waals surface area contributed by atoms with Crippen molar-refractivity contribution in [2.45, 2.75) is 23.1 Å². The normalized spacial score (nSPS) is 21.2. The van der Waals surface area contributed by atoms with Crippen molar-refractivity contribution < 1.29 is 13.2 Å². The van der Waals surface area contributed by atoms with Crippen LogP contribution in [0.25, 0.3) is 0 Å². The van der Waals surface area contributed by atoms with Crippen LogP contribution in [0.1, 0.15) is 12.8 Å². The molecule has 1 unspecified atom stereocenters. The molecule has 5 nitrogen and oxygen atoms in total. The van der Waals surface area contributed by atoms with Gasteiger partial charge in [0.1, 0.15) is 4.21 Å². The lowest BCUT2D eigenvalue weighted by Gasteiger charge is -2.22. The van der Waals surface area contributed by atoms with Gasteiger partial charge in [-0.1, -0.05) is 0 Å². The van der Waals surface area contributed by atoms with Crippen LogP contribution in [0.2, 0.25) is 0 Å². The van der Waals surface area contributed by atoms with Crippen molar-refractivity contribution in [3.05, 3.63) is 15.9 Å². The molecule has 2 N–H and O–H groups in total. The second-order valence-corrected chi connectivity index (χ2v) is 8.12. The Balaban J connectivity index is 2.05. The molecule has 1 amide bonds. The van der Waals surface area contributed by atoms with Crippen LogP contribution in [-0.2, 0) is 14.8 Å². The van der Waals surface area contributed by atoms with Crippen LogP contribution in [0.3, 0.4) is 0 Å². The van der Waals surface area contributed by atoms with Crippen LogP contribution in [0.4, 0.5) is 0 Å². The molecular formula is C9H11BrN2O3S2. The van der Waals surface area contributed by atoms with Gasteiger partial charge in [-0.25, -0.2) is 13.1 Å². The molecule has 94 valence electrons. The van der Waals surface area contributed by atoms with Gasteiger partial charge < -0.3 is 5.32 Å². The molecule has 1 aliphatic rings. The van der Waals surface area contributed by atoms with E-state index in [1.54, 1.807) is 12.1 Å². The second kappa shape index (κ2) is 5.05. The minimum atomic E-state index is -3.47. The molecule has 2 rings (SSSR count). The van der Waals surface area contributed by atoms with E-state index >= 15 is 0 Å². The number of carbonyl (C=O) groups excluding carboxylic acids is 1. The van der Waals surface area contributed by atoms with E-state index in [4.69, 9.17) is 0 Å². The molecule has 2 heterocycles. The zero-order chi connectivity index (χ0) is 12.5. The van der Waals surface area contributed by atoms with Crippen LogP contribution in [0, 0.1) is 0 Å². The standard InChI is InChI=1S/C9H11BrN2O3S2/c10-7-2-4-9(16-7)17(14,15)12-6-1-3-8(13)11-5-6/h2,4,6,12H,1,3,5H2,(H,11,13). The van der Waals surface area contributed by atoms with Gasteiger partial charge >= 0.3 is 0 Å². The fourth-order valence-electron chi connectivity index (χ4n) is 1.55. The van der Waals surface area contributed by atoms with E-state index in [9.17, 15) is 13.2 Å². The highest BCUT2D eigenvalue weighted by molar-refractivity contribution is 9.11. The summed E-state index contributed by atoms with van der Waals surface area (Å²) in [6.07, 6.45) is 0.902. The van der Waals surface area contributed by atoms with Crippen LogP contribution < -0.4 is 10.0 Å². The number of piperidine rings is 1. The lowest BCUT2D eigenvalue weighted by molar-refractivity contribution is -0.122. The number of rotatable bonds is 3. The Hall–Kier alpha value is -0.440. The molecule has 1 saturated heterocycles. The van der Waals surface area contributed by atoms with Gasteiger partial charge in [0.25, 0.3) is 0 Å². The first-order valence-corrected chi connectivity index (χ1v) is 8.11. The highest BCUT2D eigenvalue weighted by atomic mass is 79.9. The van der Waals surface area contributed by atoms with Gasteiger partial charge in [0.15, 0.2) is 0 Å². The summed E-state index contributed by atoms with van der Waals surface area (Å²) in [6.45, 7) is 0.352. The summed E-state index contributed by atoms with van der Waals surface area (Å²) in [5, 5.41) is 2.64. The molecule has 0 aliphatic carbocycles. The average Bonchev–Trinajstić information content (AvgIpc) is 2.69. The maximum atomic E-state index is 12.0. The maximum absolute atomic E-state index is 12.0. The fraction of sp³-hybridized carbons (Fsp3) is 0.444. The van der Waals surface area contributed by atoms with Crippen molar-refractivity contribution in [1.82, 2.24) is 10.0 Å². The van der Waals surface area contributed by atoms with Crippen LogP contribution in [-0.4, -0.2) is 26.9 Å². The van der Waals surface area contributed by atoms with Gasteiger partial charge in [0, 0.05) is 19.0 Å². The van der Waals surface area contributed by atoms with Gasteiger partial charge in [-0.2, -0.15) is 0 Å². The molecule has 0 spiro atoms. The molecule has 1 aliphatic heterocycles. The molecular weight excluding hydrogens is 328 g/mol. The Bertz CT molecular complexity index is 516. The Morgan fingerprint density at radius 2 is 2.24 bits per heavy atom. The zero-order valence-corrected chi connectivity index (χ0v) is 12.0. The number of carbonyl (C=O) groups is 1. The first-order valence-electron chi connectivity index (χ1n) is 5.02. The molecule has 0 saturated carbocycles. The predicted molar refractivity (Wildman–Crippen MR) is 68.4 cm³/mol. The summed E-state index contributed by atoms with van der Waals surface area (Å²) in [5.41, 5.74) is 0. The highest BCUT2D eigenvalue weighted by Gasteiger charge is 2.24. The molecule has 1 fully saturated rings. The SMILES string of the molecule is O=C1CCC(NS(=O)(=O)c2ccc(Br)s2)CN1. The topological polar surface area (TPSA) is 75.3 Å². The lowest BCUT2D eigenvalue weighted by Crippen LogP contribution is -2.47.